The van der Waals surface area contributed by atoms with Gasteiger partial charge in [-0.1, -0.05) is 40.0 Å². The van der Waals surface area contributed by atoms with Crippen LogP contribution in [0.4, 0.5) is 0 Å². The summed E-state index contributed by atoms with van der Waals surface area (Å²) in [5.74, 6) is 2.56. The van der Waals surface area contributed by atoms with Gasteiger partial charge in [-0.05, 0) is 30.6 Å². The van der Waals surface area contributed by atoms with E-state index < -0.39 is 0 Å². The second-order valence-corrected chi connectivity index (χ2v) is 5.19. The van der Waals surface area contributed by atoms with E-state index >= 15 is 0 Å². The van der Waals surface area contributed by atoms with E-state index in [9.17, 15) is 0 Å². The molecule has 78 valence electrons. The third kappa shape index (κ3) is 3.30. The molecule has 0 heterocycles. The zero-order valence-corrected chi connectivity index (χ0v) is 9.42. The average molecular weight is 183 g/mol. The van der Waals surface area contributed by atoms with Gasteiger partial charge in [0.15, 0.2) is 0 Å². The smallest absolute Gasteiger partial charge is 0.00672 e. The first-order chi connectivity index (χ1) is 6.11. The Morgan fingerprint density at radius 2 is 2.00 bits per heavy atom. The summed E-state index contributed by atoms with van der Waals surface area (Å²) in [4.78, 5) is 0. The zero-order valence-electron chi connectivity index (χ0n) is 9.42. The predicted molar refractivity (Wildman–Crippen MR) is 58.6 cm³/mol. The molecule has 0 bridgehead atoms. The quantitative estimate of drug-likeness (QED) is 0.711. The summed E-state index contributed by atoms with van der Waals surface area (Å²) >= 11 is 0. The van der Waals surface area contributed by atoms with Gasteiger partial charge in [0, 0.05) is 6.04 Å². The summed E-state index contributed by atoms with van der Waals surface area (Å²) in [5, 5.41) is 0. The maximum absolute atomic E-state index is 6.00. The summed E-state index contributed by atoms with van der Waals surface area (Å²) in [6.45, 7) is 6.95. The van der Waals surface area contributed by atoms with Gasteiger partial charge in [-0.15, -0.1) is 0 Å². The number of nitrogens with two attached hydrogens (primary N) is 1. The molecule has 13 heavy (non-hydrogen) atoms. The minimum absolute atomic E-state index is 0.490. The maximum Gasteiger partial charge on any atom is 0.00672 e. The van der Waals surface area contributed by atoms with Crippen LogP contribution in [0.3, 0.4) is 0 Å². The summed E-state index contributed by atoms with van der Waals surface area (Å²) in [5.41, 5.74) is 6.00. The Morgan fingerprint density at radius 3 is 2.46 bits per heavy atom. The van der Waals surface area contributed by atoms with Crippen molar-refractivity contribution >= 4 is 0 Å². The van der Waals surface area contributed by atoms with Crippen LogP contribution < -0.4 is 5.73 Å². The fraction of sp³-hybridized carbons (Fsp3) is 1.00. The van der Waals surface area contributed by atoms with E-state index in [1.54, 1.807) is 0 Å². The number of hydrogen-bond acceptors (Lipinski definition) is 1. The molecule has 1 aliphatic rings. The Labute approximate surface area is 83.1 Å². The standard InChI is InChI=1S/C12H25N/c1-9(2)5-4-6-11-7-8-12(13)10(11)3/h9-12H,4-8,13H2,1-3H3. The molecule has 1 saturated carbocycles. The summed E-state index contributed by atoms with van der Waals surface area (Å²) in [7, 11) is 0. The molecule has 0 spiro atoms. The monoisotopic (exact) mass is 183 g/mol. The van der Waals surface area contributed by atoms with Gasteiger partial charge in [0.25, 0.3) is 0 Å². The van der Waals surface area contributed by atoms with E-state index in [1.165, 1.54) is 32.1 Å². The lowest BCUT2D eigenvalue weighted by molar-refractivity contribution is 0.349. The molecule has 0 aliphatic heterocycles. The van der Waals surface area contributed by atoms with Crippen LogP contribution in [-0.2, 0) is 0 Å². The first-order valence-electron chi connectivity index (χ1n) is 5.87. The van der Waals surface area contributed by atoms with Gasteiger partial charge in [0.1, 0.15) is 0 Å². The lowest BCUT2D eigenvalue weighted by atomic mass is 9.90. The van der Waals surface area contributed by atoms with Crippen molar-refractivity contribution in [1.82, 2.24) is 0 Å². The molecule has 1 nitrogen and oxygen atoms in total. The van der Waals surface area contributed by atoms with Crippen molar-refractivity contribution in [1.29, 1.82) is 0 Å². The van der Waals surface area contributed by atoms with Crippen molar-refractivity contribution in [2.45, 2.75) is 58.9 Å². The van der Waals surface area contributed by atoms with E-state index in [4.69, 9.17) is 5.73 Å². The zero-order chi connectivity index (χ0) is 9.84. The van der Waals surface area contributed by atoms with Crippen LogP contribution in [0.1, 0.15) is 52.9 Å². The second kappa shape index (κ2) is 4.99. The molecule has 0 radical (unpaired) electrons. The Balaban J connectivity index is 2.15. The molecule has 1 aliphatic carbocycles. The maximum atomic E-state index is 6.00. The fourth-order valence-corrected chi connectivity index (χ4v) is 2.48. The molecular formula is C12H25N. The first-order valence-corrected chi connectivity index (χ1v) is 5.87. The molecule has 0 aromatic heterocycles. The third-order valence-corrected chi connectivity index (χ3v) is 3.65. The highest BCUT2D eigenvalue weighted by atomic mass is 14.7. The van der Waals surface area contributed by atoms with Crippen molar-refractivity contribution in [2.75, 3.05) is 0 Å². The Bertz CT molecular complexity index is 142. The van der Waals surface area contributed by atoms with Crippen LogP contribution in [0.5, 0.6) is 0 Å². The first kappa shape index (κ1) is 11.0. The molecular weight excluding hydrogens is 158 g/mol. The lowest BCUT2D eigenvalue weighted by Crippen LogP contribution is -2.25. The lowest BCUT2D eigenvalue weighted by Gasteiger charge is -2.18. The van der Waals surface area contributed by atoms with Crippen molar-refractivity contribution < 1.29 is 0 Å². The van der Waals surface area contributed by atoms with Crippen LogP contribution in [0.15, 0.2) is 0 Å². The second-order valence-electron chi connectivity index (χ2n) is 5.19. The van der Waals surface area contributed by atoms with Crippen molar-refractivity contribution in [3.63, 3.8) is 0 Å². The highest BCUT2D eigenvalue weighted by Crippen LogP contribution is 2.34. The van der Waals surface area contributed by atoms with Gasteiger partial charge in [0.05, 0.1) is 0 Å². The summed E-state index contributed by atoms with van der Waals surface area (Å²) < 4.78 is 0. The predicted octanol–water partition coefficient (Wildman–Crippen LogP) is 3.19. The largest absolute Gasteiger partial charge is 0.327 e. The molecule has 1 rings (SSSR count). The van der Waals surface area contributed by atoms with Gasteiger partial charge in [-0.3, -0.25) is 0 Å². The average Bonchev–Trinajstić information content (AvgIpc) is 2.35. The molecule has 1 heteroatoms. The number of hydrogen-bond donors (Lipinski definition) is 1. The summed E-state index contributed by atoms with van der Waals surface area (Å²) in [6, 6.07) is 0.490. The summed E-state index contributed by atoms with van der Waals surface area (Å²) in [6.07, 6.45) is 6.83. The van der Waals surface area contributed by atoms with E-state index in [0.717, 1.165) is 17.8 Å². The Hall–Kier alpha value is -0.0400. The minimum Gasteiger partial charge on any atom is -0.327 e. The van der Waals surface area contributed by atoms with Crippen molar-refractivity contribution in [3.05, 3.63) is 0 Å². The Morgan fingerprint density at radius 1 is 1.31 bits per heavy atom. The van der Waals surface area contributed by atoms with Gasteiger partial charge in [-0.25, -0.2) is 0 Å². The fourth-order valence-electron chi connectivity index (χ4n) is 2.48. The molecule has 0 aromatic rings. The molecule has 0 amide bonds. The van der Waals surface area contributed by atoms with Crippen LogP contribution >= 0.6 is 0 Å². The van der Waals surface area contributed by atoms with Crippen molar-refractivity contribution in [3.8, 4) is 0 Å². The SMILES string of the molecule is CC(C)CCCC1CCC(N)C1C. The highest BCUT2D eigenvalue weighted by Gasteiger charge is 2.29. The van der Waals surface area contributed by atoms with Gasteiger partial charge in [0.2, 0.25) is 0 Å². The normalized spacial score (nSPS) is 34.4. The highest BCUT2D eigenvalue weighted by molar-refractivity contribution is 4.84. The Kier molecular flexibility index (Phi) is 4.24. The molecule has 3 atom stereocenters. The van der Waals surface area contributed by atoms with E-state index in [0.29, 0.717) is 6.04 Å². The van der Waals surface area contributed by atoms with Crippen LogP contribution in [0.2, 0.25) is 0 Å². The topological polar surface area (TPSA) is 26.0 Å². The van der Waals surface area contributed by atoms with Crippen LogP contribution in [0, 0.1) is 17.8 Å². The van der Waals surface area contributed by atoms with Gasteiger partial charge >= 0.3 is 0 Å². The molecule has 0 aromatic carbocycles. The van der Waals surface area contributed by atoms with Crippen molar-refractivity contribution in [2.24, 2.45) is 23.5 Å². The van der Waals surface area contributed by atoms with Gasteiger partial charge < -0.3 is 5.73 Å². The molecule has 3 unspecified atom stereocenters. The molecule has 2 N–H and O–H groups in total. The molecule has 0 saturated heterocycles. The van der Waals surface area contributed by atoms with Crippen LogP contribution in [-0.4, -0.2) is 6.04 Å². The van der Waals surface area contributed by atoms with Gasteiger partial charge in [-0.2, -0.15) is 0 Å². The van der Waals surface area contributed by atoms with E-state index in [1.807, 2.05) is 0 Å². The van der Waals surface area contributed by atoms with E-state index in [2.05, 4.69) is 20.8 Å². The molecule has 1 fully saturated rings. The minimum atomic E-state index is 0.490. The van der Waals surface area contributed by atoms with Crippen LogP contribution in [0.25, 0.3) is 0 Å². The number of rotatable bonds is 4. The van der Waals surface area contributed by atoms with E-state index in [-0.39, 0.29) is 0 Å². The third-order valence-electron chi connectivity index (χ3n) is 3.65.